The quantitative estimate of drug-likeness (QED) is 0.799. The normalized spacial score (nSPS) is 17.1. The summed E-state index contributed by atoms with van der Waals surface area (Å²) in [7, 11) is -3.23. The van der Waals surface area contributed by atoms with Crippen LogP contribution >= 0.6 is 0 Å². The number of carbonyl (C=O) groups excluding carboxylic acids is 2. The lowest BCUT2D eigenvalue weighted by Crippen LogP contribution is -2.43. The van der Waals surface area contributed by atoms with E-state index in [0.717, 1.165) is 6.42 Å². The van der Waals surface area contributed by atoms with Gasteiger partial charge >= 0.3 is 0 Å². The van der Waals surface area contributed by atoms with E-state index in [1.807, 2.05) is 0 Å². The Morgan fingerprint density at radius 1 is 1.25 bits per heavy atom. The maximum atomic E-state index is 12.8. The molecular weight excluding hydrogens is 380 g/mol. The maximum absolute atomic E-state index is 12.8. The second kappa shape index (κ2) is 8.18. The second-order valence-corrected chi connectivity index (χ2v) is 9.74. The second-order valence-electron chi connectivity index (χ2n) is 7.18. The van der Waals surface area contributed by atoms with Gasteiger partial charge in [0.1, 0.15) is 6.04 Å². The molecule has 0 radical (unpaired) electrons. The van der Waals surface area contributed by atoms with Crippen molar-refractivity contribution in [1.29, 1.82) is 0 Å². The smallest absolute Gasteiger partial charge is 0.290 e. The average molecular weight is 404 g/mol. The fourth-order valence-corrected chi connectivity index (χ4v) is 4.17. The molecule has 3 rings (SSSR count). The highest BCUT2D eigenvalue weighted by molar-refractivity contribution is 7.91. The lowest BCUT2D eigenvalue weighted by atomic mass is 10.1. The van der Waals surface area contributed by atoms with E-state index in [1.54, 1.807) is 50.2 Å². The number of amides is 2. The number of hydrogen-bond donors (Lipinski definition) is 1. The van der Waals surface area contributed by atoms with E-state index in [1.165, 1.54) is 11.2 Å². The fourth-order valence-electron chi connectivity index (χ4n) is 3.19. The predicted octanol–water partition coefficient (Wildman–Crippen LogP) is 2.85. The summed E-state index contributed by atoms with van der Waals surface area (Å²) >= 11 is 0. The number of carbonyl (C=O) groups is 2. The van der Waals surface area contributed by atoms with Gasteiger partial charge in [0.05, 0.1) is 17.3 Å². The standard InChI is InChI=1S/C20H24N2O5S/c1-14(2)28(25,26)13-15-6-3-7-16(12-15)21-19(23)17-8-4-10-22(17)20(24)18-9-5-11-27-18/h3,5-7,9,11-12,14,17H,4,8,10,13H2,1-2H3,(H,21,23)/t17-/m0/s1. The number of nitrogens with zero attached hydrogens (tertiary/aromatic N) is 1. The molecule has 0 unspecified atom stereocenters. The number of furan rings is 1. The minimum atomic E-state index is -3.23. The van der Waals surface area contributed by atoms with Gasteiger partial charge in [0, 0.05) is 12.2 Å². The van der Waals surface area contributed by atoms with Crippen molar-refractivity contribution in [2.45, 2.75) is 43.7 Å². The van der Waals surface area contributed by atoms with Crippen molar-refractivity contribution >= 4 is 27.3 Å². The van der Waals surface area contributed by atoms with Crippen molar-refractivity contribution in [3.05, 3.63) is 54.0 Å². The van der Waals surface area contributed by atoms with Crippen LogP contribution in [0.4, 0.5) is 5.69 Å². The van der Waals surface area contributed by atoms with E-state index in [2.05, 4.69) is 5.32 Å². The highest BCUT2D eigenvalue weighted by atomic mass is 32.2. The topological polar surface area (TPSA) is 96.7 Å². The lowest BCUT2D eigenvalue weighted by Gasteiger charge is -2.23. The Labute approximate surface area is 164 Å². The molecule has 1 aromatic carbocycles. The van der Waals surface area contributed by atoms with Gasteiger partial charge in [0.2, 0.25) is 5.91 Å². The zero-order valence-electron chi connectivity index (χ0n) is 15.9. The van der Waals surface area contributed by atoms with Gasteiger partial charge in [-0.1, -0.05) is 12.1 Å². The van der Waals surface area contributed by atoms with Gasteiger partial charge in [0.25, 0.3) is 5.91 Å². The molecule has 2 heterocycles. The van der Waals surface area contributed by atoms with Crippen molar-refractivity contribution in [2.24, 2.45) is 0 Å². The summed E-state index contributed by atoms with van der Waals surface area (Å²) in [6.07, 6.45) is 2.73. The summed E-state index contributed by atoms with van der Waals surface area (Å²) in [5.41, 5.74) is 1.13. The van der Waals surface area contributed by atoms with E-state index in [4.69, 9.17) is 4.42 Å². The molecule has 150 valence electrons. The van der Waals surface area contributed by atoms with Gasteiger partial charge in [-0.25, -0.2) is 8.42 Å². The van der Waals surface area contributed by atoms with Gasteiger partial charge in [-0.15, -0.1) is 0 Å². The Hall–Kier alpha value is -2.61. The van der Waals surface area contributed by atoms with Crippen molar-refractivity contribution in [3.63, 3.8) is 0 Å². The van der Waals surface area contributed by atoms with Crippen LogP contribution in [0, 0.1) is 0 Å². The Balaban J connectivity index is 1.70. The largest absolute Gasteiger partial charge is 0.459 e. The van der Waals surface area contributed by atoms with Crippen LogP contribution in [0.15, 0.2) is 47.1 Å². The van der Waals surface area contributed by atoms with Gasteiger partial charge in [-0.05, 0) is 56.5 Å². The Kier molecular flexibility index (Phi) is 5.88. The number of hydrogen-bond acceptors (Lipinski definition) is 5. The number of anilines is 1. The third-order valence-corrected chi connectivity index (χ3v) is 7.00. The molecule has 2 aromatic rings. The first-order chi connectivity index (χ1) is 13.3. The number of rotatable bonds is 6. The molecule has 1 N–H and O–H groups in total. The first kappa shape index (κ1) is 20.1. The molecule has 28 heavy (non-hydrogen) atoms. The van der Waals surface area contributed by atoms with Crippen LogP contribution in [0.3, 0.4) is 0 Å². The molecule has 0 bridgehead atoms. The van der Waals surface area contributed by atoms with Crippen LogP contribution in [-0.2, 0) is 20.4 Å². The molecule has 1 fully saturated rings. The van der Waals surface area contributed by atoms with E-state index in [9.17, 15) is 18.0 Å². The first-order valence-corrected chi connectivity index (χ1v) is 11.0. The van der Waals surface area contributed by atoms with Crippen LogP contribution in [0.5, 0.6) is 0 Å². The Morgan fingerprint density at radius 3 is 2.71 bits per heavy atom. The molecule has 0 spiro atoms. The highest BCUT2D eigenvalue weighted by Gasteiger charge is 2.35. The fraction of sp³-hybridized carbons (Fsp3) is 0.400. The number of likely N-dealkylation sites (tertiary alicyclic amines) is 1. The highest BCUT2D eigenvalue weighted by Crippen LogP contribution is 2.23. The van der Waals surface area contributed by atoms with Gasteiger partial charge in [0.15, 0.2) is 15.6 Å². The molecule has 8 heteroatoms. The van der Waals surface area contributed by atoms with Crippen molar-refractivity contribution in [3.8, 4) is 0 Å². The first-order valence-electron chi connectivity index (χ1n) is 9.24. The monoisotopic (exact) mass is 404 g/mol. The molecule has 1 saturated heterocycles. The molecule has 2 amide bonds. The molecule has 1 aliphatic rings. The SMILES string of the molecule is CC(C)S(=O)(=O)Cc1cccc(NC(=O)[C@@H]2CCCN2C(=O)c2ccco2)c1. The summed E-state index contributed by atoms with van der Waals surface area (Å²) < 4.78 is 29.4. The van der Waals surface area contributed by atoms with Gasteiger partial charge in [-0.2, -0.15) is 0 Å². The summed E-state index contributed by atoms with van der Waals surface area (Å²) in [5.74, 6) is -0.470. The van der Waals surface area contributed by atoms with E-state index in [-0.39, 0.29) is 23.3 Å². The summed E-state index contributed by atoms with van der Waals surface area (Å²) in [6, 6.07) is 9.42. The summed E-state index contributed by atoms with van der Waals surface area (Å²) in [5, 5.41) is 2.34. The third-order valence-electron chi connectivity index (χ3n) is 4.83. The zero-order chi connectivity index (χ0) is 20.3. The van der Waals surface area contributed by atoms with E-state index in [0.29, 0.717) is 24.2 Å². The maximum Gasteiger partial charge on any atom is 0.290 e. The minimum Gasteiger partial charge on any atom is -0.459 e. The zero-order valence-corrected chi connectivity index (χ0v) is 16.7. The lowest BCUT2D eigenvalue weighted by molar-refractivity contribution is -0.119. The van der Waals surface area contributed by atoms with Gasteiger partial charge in [-0.3, -0.25) is 9.59 Å². The van der Waals surface area contributed by atoms with Crippen LogP contribution in [0.25, 0.3) is 0 Å². The summed E-state index contributed by atoms with van der Waals surface area (Å²) in [6.45, 7) is 3.78. The molecular formula is C20H24N2O5S. The molecule has 0 saturated carbocycles. The molecule has 7 nitrogen and oxygen atoms in total. The Morgan fingerprint density at radius 2 is 2.04 bits per heavy atom. The predicted molar refractivity (Wildman–Crippen MR) is 106 cm³/mol. The van der Waals surface area contributed by atoms with Crippen LogP contribution in [0.1, 0.15) is 42.8 Å². The van der Waals surface area contributed by atoms with Crippen LogP contribution in [-0.4, -0.2) is 43.0 Å². The van der Waals surface area contributed by atoms with E-state index < -0.39 is 21.1 Å². The molecule has 1 aromatic heterocycles. The van der Waals surface area contributed by atoms with E-state index >= 15 is 0 Å². The van der Waals surface area contributed by atoms with Crippen molar-refractivity contribution in [2.75, 3.05) is 11.9 Å². The van der Waals surface area contributed by atoms with Crippen molar-refractivity contribution < 1.29 is 22.4 Å². The number of sulfone groups is 1. The summed E-state index contributed by atoms with van der Waals surface area (Å²) in [4.78, 5) is 26.8. The average Bonchev–Trinajstić information content (AvgIpc) is 3.33. The molecule has 0 aliphatic carbocycles. The van der Waals surface area contributed by atoms with Crippen LogP contribution in [0.2, 0.25) is 0 Å². The third kappa shape index (κ3) is 4.44. The number of nitrogens with one attached hydrogen (secondary N) is 1. The van der Waals surface area contributed by atoms with Gasteiger partial charge < -0.3 is 14.6 Å². The Bertz CT molecular complexity index is 951. The van der Waals surface area contributed by atoms with Crippen LogP contribution < -0.4 is 5.32 Å². The molecule has 1 aliphatic heterocycles. The minimum absolute atomic E-state index is 0.0824. The molecule has 1 atom stereocenters. The number of benzene rings is 1. The van der Waals surface area contributed by atoms with Crippen molar-refractivity contribution in [1.82, 2.24) is 4.90 Å².